The SMILES string of the molecule is NCc1ccc(Cc2nc(-c3ccc[nH]3)cs2)cc1. The number of nitrogens with one attached hydrogen (secondary N) is 1. The Bertz CT molecular complexity index is 638. The van der Waals surface area contributed by atoms with Gasteiger partial charge >= 0.3 is 0 Å². The normalized spacial score (nSPS) is 10.8. The molecule has 0 radical (unpaired) electrons. The first-order chi connectivity index (χ1) is 9.35. The van der Waals surface area contributed by atoms with Crippen molar-refractivity contribution < 1.29 is 0 Å². The largest absolute Gasteiger partial charge is 0.360 e. The molecule has 3 N–H and O–H groups in total. The first-order valence-electron chi connectivity index (χ1n) is 6.21. The van der Waals surface area contributed by atoms with Gasteiger partial charge in [-0.25, -0.2) is 4.98 Å². The minimum absolute atomic E-state index is 0.592. The average molecular weight is 269 g/mol. The number of H-pyrrole nitrogens is 1. The Balaban J connectivity index is 1.76. The third-order valence-corrected chi connectivity index (χ3v) is 3.89. The van der Waals surface area contributed by atoms with Crippen LogP contribution < -0.4 is 5.73 Å². The Morgan fingerprint density at radius 1 is 1.11 bits per heavy atom. The first kappa shape index (κ1) is 12.1. The number of nitrogens with two attached hydrogens (primary N) is 1. The van der Waals surface area contributed by atoms with Crippen molar-refractivity contribution in [2.45, 2.75) is 13.0 Å². The van der Waals surface area contributed by atoms with Crippen molar-refractivity contribution in [2.24, 2.45) is 5.73 Å². The van der Waals surface area contributed by atoms with Crippen LogP contribution in [0.15, 0.2) is 48.0 Å². The number of nitrogens with zero attached hydrogens (tertiary/aromatic N) is 1. The zero-order chi connectivity index (χ0) is 13.1. The fraction of sp³-hybridized carbons (Fsp3) is 0.133. The molecule has 0 amide bonds. The van der Waals surface area contributed by atoms with Crippen LogP contribution >= 0.6 is 11.3 Å². The molecule has 0 fully saturated rings. The molecule has 0 atom stereocenters. The van der Waals surface area contributed by atoms with Crippen LogP contribution in [0.3, 0.4) is 0 Å². The van der Waals surface area contributed by atoms with Gasteiger partial charge in [0, 0.05) is 24.5 Å². The second-order valence-electron chi connectivity index (χ2n) is 4.41. The molecule has 0 aliphatic heterocycles. The monoisotopic (exact) mass is 269 g/mol. The van der Waals surface area contributed by atoms with Crippen molar-refractivity contribution >= 4 is 11.3 Å². The summed E-state index contributed by atoms with van der Waals surface area (Å²) in [6.45, 7) is 0.592. The van der Waals surface area contributed by atoms with E-state index in [-0.39, 0.29) is 0 Å². The lowest BCUT2D eigenvalue weighted by Crippen LogP contribution is -1.96. The first-order valence-corrected chi connectivity index (χ1v) is 7.09. The van der Waals surface area contributed by atoms with Gasteiger partial charge in [0.1, 0.15) is 0 Å². The standard InChI is InChI=1S/C15H15N3S/c16-9-12-5-3-11(4-6-12)8-15-18-14(10-19-15)13-2-1-7-17-13/h1-7,10,17H,8-9,16H2. The smallest absolute Gasteiger partial charge is 0.0977 e. The van der Waals surface area contributed by atoms with E-state index in [1.807, 2.05) is 18.3 Å². The van der Waals surface area contributed by atoms with E-state index in [1.54, 1.807) is 11.3 Å². The summed E-state index contributed by atoms with van der Waals surface area (Å²) in [6.07, 6.45) is 2.79. The summed E-state index contributed by atoms with van der Waals surface area (Å²) in [5, 5.41) is 3.22. The van der Waals surface area contributed by atoms with Crippen molar-refractivity contribution in [1.82, 2.24) is 9.97 Å². The third kappa shape index (κ3) is 2.75. The molecule has 4 heteroatoms. The minimum atomic E-state index is 0.592. The van der Waals surface area contributed by atoms with Gasteiger partial charge < -0.3 is 10.7 Å². The molecule has 0 spiro atoms. The summed E-state index contributed by atoms with van der Waals surface area (Å²) >= 11 is 1.70. The molecule has 0 saturated heterocycles. The Kier molecular flexibility index (Phi) is 3.44. The highest BCUT2D eigenvalue weighted by Gasteiger charge is 2.05. The molecule has 0 bridgehead atoms. The Morgan fingerprint density at radius 3 is 2.58 bits per heavy atom. The number of benzene rings is 1. The van der Waals surface area contributed by atoms with Gasteiger partial charge in [-0.05, 0) is 23.3 Å². The minimum Gasteiger partial charge on any atom is -0.360 e. The molecule has 3 nitrogen and oxygen atoms in total. The highest BCUT2D eigenvalue weighted by Crippen LogP contribution is 2.22. The molecule has 3 rings (SSSR count). The lowest BCUT2D eigenvalue weighted by Gasteiger charge is -2.00. The third-order valence-electron chi connectivity index (χ3n) is 3.04. The zero-order valence-electron chi connectivity index (χ0n) is 10.5. The van der Waals surface area contributed by atoms with E-state index >= 15 is 0 Å². The predicted octanol–water partition coefficient (Wildman–Crippen LogP) is 3.19. The number of thiazole rings is 1. The van der Waals surface area contributed by atoms with Crippen LogP contribution in [0.1, 0.15) is 16.1 Å². The lowest BCUT2D eigenvalue weighted by molar-refractivity contribution is 1.06. The highest BCUT2D eigenvalue weighted by molar-refractivity contribution is 7.10. The van der Waals surface area contributed by atoms with Crippen molar-refractivity contribution in [3.63, 3.8) is 0 Å². The summed E-state index contributed by atoms with van der Waals surface area (Å²) in [6, 6.07) is 12.4. The van der Waals surface area contributed by atoms with Gasteiger partial charge in [0.25, 0.3) is 0 Å². The second kappa shape index (κ2) is 5.38. The maximum Gasteiger partial charge on any atom is 0.0977 e. The predicted molar refractivity (Wildman–Crippen MR) is 79.0 cm³/mol. The van der Waals surface area contributed by atoms with Crippen molar-refractivity contribution in [2.75, 3.05) is 0 Å². The van der Waals surface area contributed by atoms with E-state index in [1.165, 1.54) is 5.56 Å². The van der Waals surface area contributed by atoms with Gasteiger partial charge in [-0.3, -0.25) is 0 Å². The van der Waals surface area contributed by atoms with E-state index in [2.05, 4.69) is 39.6 Å². The van der Waals surface area contributed by atoms with Crippen LogP contribution in [0.5, 0.6) is 0 Å². The number of aromatic nitrogens is 2. The quantitative estimate of drug-likeness (QED) is 0.764. The number of rotatable bonds is 4. The van der Waals surface area contributed by atoms with E-state index < -0.39 is 0 Å². The molecule has 96 valence electrons. The molecule has 0 unspecified atom stereocenters. The van der Waals surface area contributed by atoms with Crippen LogP contribution in [0, 0.1) is 0 Å². The van der Waals surface area contributed by atoms with E-state index in [9.17, 15) is 0 Å². The topological polar surface area (TPSA) is 54.7 Å². The van der Waals surface area contributed by atoms with Gasteiger partial charge in [0.2, 0.25) is 0 Å². The Hall–Kier alpha value is -1.91. The second-order valence-corrected chi connectivity index (χ2v) is 5.35. The zero-order valence-corrected chi connectivity index (χ0v) is 11.3. The van der Waals surface area contributed by atoms with Crippen LogP contribution in [-0.2, 0) is 13.0 Å². The molecule has 0 aliphatic carbocycles. The van der Waals surface area contributed by atoms with Gasteiger partial charge in [0.15, 0.2) is 0 Å². The van der Waals surface area contributed by atoms with Crippen LogP contribution in [0.4, 0.5) is 0 Å². The highest BCUT2D eigenvalue weighted by atomic mass is 32.1. The molecule has 1 aromatic carbocycles. The summed E-state index contributed by atoms with van der Waals surface area (Å²) in [5.41, 5.74) is 10.1. The summed E-state index contributed by atoms with van der Waals surface area (Å²) in [7, 11) is 0. The summed E-state index contributed by atoms with van der Waals surface area (Å²) in [5.74, 6) is 0. The van der Waals surface area contributed by atoms with Crippen LogP contribution in [0.25, 0.3) is 11.4 Å². The van der Waals surface area contributed by atoms with Crippen molar-refractivity contribution in [3.05, 3.63) is 64.1 Å². The van der Waals surface area contributed by atoms with Crippen LogP contribution in [0.2, 0.25) is 0 Å². The summed E-state index contributed by atoms with van der Waals surface area (Å²) in [4.78, 5) is 7.83. The maximum absolute atomic E-state index is 5.60. The molecule has 2 aromatic heterocycles. The van der Waals surface area contributed by atoms with Gasteiger partial charge in [0.05, 0.1) is 16.4 Å². The van der Waals surface area contributed by atoms with Gasteiger partial charge in [-0.1, -0.05) is 24.3 Å². The van der Waals surface area contributed by atoms with Crippen LogP contribution in [-0.4, -0.2) is 9.97 Å². The fourth-order valence-corrected chi connectivity index (χ4v) is 2.80. The van der Waals surface area contributed by atoms with E-state index in [4.69, 9.17) is 5.73 Å². The number of aromatic amines is 1. The molecule has 3 aromatic rings. The Labute approximate surface area is 116 Å². The van der Waals surface area contributed by atoms with Crippen molar-refractivity contribution in [1.29, 1.82) is 0 Å². The molecule has 0 aliphatic rings. The van der Waals surface area contributed by atoms with E-state index in [0.29, 0.717) is 6.54 Å². The number of hydrogen-bond acceptors (Lipinski definition) is 3. The summed E-state index contributed by atoms with van der Waals surface area (Å²) < 4.78 is 0. The maximum atomic E-state index is 5.60. The van der Waals surface area contributed by atoms with Crippen molar-refractivity contribution in [3.8, 4) is 11.4 Å². The van der Waals surface area contributed by atoms with Gasteiger partial charge in [-0.2, -0.15) is 0 Å². The number of hydrogen-bond donors (Lipinski definition) is 2. The molecule has 2 heterocycles. The van der Waals surface area contributed by atoms with E-state index in [0.717, 1.165) is 28.4 Å². The molecular weight excluding hydrogens is 254 g/mol. The molecule has 0 saturated carbocycles. The average Bonchev–Trinajstić information content (AvgIpc) is 3.10. The lowest BCUT2D eigenvalue weighted by atomic mass is 10.1. The fourth-order valence-electron chi connectivity index (χ4n) is 1.97. The Morgan fingerprint density at radius 2 is 1.89 bits per heavy atom. The molecule has 19 heavy (non-hydrogen) atoms. The molecular formula is C15H15N3S. The van der Waals surface area contributed by atoms with Gasteiger partial charge in [-0.15, -0.1) is 11.3 Å².